The van der Waals surface area contributed by atoms with Gasteiger partial charge in [0, 0.05) is 11.5 Å². The topological polar surface area (TPSA) is 44.2 Å². The molecule has 0 atom stereocenters. The number of halogens is 2. The van der Waals surface area contributed by atoms with Gasteiger partial charge in [0.15, 0.2) is 11.5 Å². The quantitative estimate of drug-likeness (QED) is 0.790. The van der Waals surface area contributed by atoms with Crippen LogP contribution < -0.4 is 9.47 Å². The van der Waals surface area contributed by atoms with Gasteiger partial charge in [-0.3, -0.25) is 0 Å². The van der Waals surface area contributed by atoms with Crippen LogP contribution in [0.25, 0.3) is 10.9 Å². The summed E-state index contributed by atoms with van der Waals surface area (Å²) in [7, 11) is 3.16. The largest absolute Gasteiger partial charge is 0.493 e. The molecule has 17 heavy (non-hydrogen) atoms. The number of hydrogen-bond donors (Lipinski definition) is 0. The Morgan fingerprint density at radius 2 is 1.65 bits per heavy atom. The molecule has 2 rings (SSSR count). The van der Waals surface area contributed by atoms with Gasteiger partial charge in [-0.2, -0.15) is 0 Å². The van der Waals surface area contributed by atoms with Gasteiger partial charge in [0.05, 0.1) is 19.7 Å². The molecule has 4 nitrogen and oxygen atoms in total. The number of benzene rings is 1. The van der Waals surface area contributed by atoms with Crippen LogP contribution in [0.2, 0.25) is 5.15 Å². The summed E-state index contributed by atoms with van der Waals surface area (Å²) in [5.41, 5.74) is 0.746. The second-order valence-corrected chi connectivity index (χ2v) is 3.64. The molecule has 0 spiro atoms. The fourth-order valence-corrected chi connectivity index (χ4v) is 1.80. The summed E-state index contributed by atoms with van der Waals surface area (Å²) >= 11 is 6.04. The van der Waals surface area contributed by atoms with Crippen LogP contribution in [0.3, 0.4) is 0 Å². The number of rotatable bonds is 2. The molecule has 0 saturated heterocycles. The van der Waals surface area contributed by atoms with Crippen LogP contribution in [0.15, 0.2) is 12.1 Å². The first-order chi connectivity index (χ1) is 7.65. The number of methoxy groups -OCH3 is 2. The Hall–Kier alpha value is -1.26. The SMILES string of the molecule is COc1cc2nc(C)nc(Cl)c2cc1OC.Cl. The normalized spacial score (nSPS) is 9.88. The van der Waals surface area contributed by atoms with Crippen LogP contribution in [0.5, 0.6) is 11.5 Å². The number of ether oxygens (including phenoxy) is 2. The molecule has 0 bridgehead atoms. The lowest BCUT2D eigenvalue weighted by Crippen LogP contribution is -1.94. The lowest BCUT2D eigenvalue weighted by molar-refractivity contribution is 0.356. The molecular formula is C11H12Cl2N2O2. The van der Waals surface area contributed by atoms with Gasteiger partial charge in [0.2, 0.25) is 0 Å². The standard InChI is InChI=1S/C11H11ClN2O2.ClH/c1-6-13-8-5-10(16-3)9(15-2)4-7(8)11(12)14-6;/h4-5H,1-3H3;1H. The number of fused-ring (bicyclic) bond motifs is 1. The third-order valence-electron chi connectivity index (χ3n) is 2.27. The van der Waals surface area contributed by atoms with Gasteiger partial charge >= 0.3 is 0 Å². The highest BCUT2D eigenvalue weighted by Crippen LogP contribution is 2.33. The Balaban J connectivity index is 0.00000144. The minimum atomic E-state index is 0. The molecule has 0 N–H and O–H groups in total. The summed E-state index contributed by atoms with van der Waals surface area (Å²) in [6.45, 7) is 1.79. The molecule has 0 aliphatic rings. The van der Waals surface area contributed by atoms with Gasteiger partial charge in [-0.1, -0.05) is 11.6 Å². The summed E-state index contributed by atoms with van der Waals surface area (Å²) in [6, 6.07) is 3.56. The maximum absolute atomic E-state index is 6.04. The van der Waals surface area contributed by atoms with E-state index in [0.29, 0.717) is 22.5 Å². The first-order valence-corrected chi connectivity index (χ1v) is 5.09. The maximum Gasteiger partial charge on any atom is 0.162 e. The smallest absolute Gasteiger partial charge is 0.162 e. The zero-order valence-electron chi connectivity index (χ0n) is 9.65. The lowest BCUT2D eigenvalue weighted by Gasteiger charge is -2.09. The molecule has 0 fully saturated rings. The highest BCUT2D eigenvalue weighted by atomic mass is 35.5. The molecule has 0 aliphatic heterocycles. The van der Waals surface area contributed by atoms with Crippen molar-refractivity contribution in [3.05, 3.63) is 23.1 Å². The van der Waals surface area contributed by atoms with Crippen molar-refractivity contribution in [2.24, 2.45) is 0 Å². The minimum absolute atomic E-state index is 0. The average molecular weight is 275 g/mol. The Morgan fingerprint density at radius 1 is 1.06 bits per heavy atom. The van der Waals surface area contributed by atoms with E-state index in [4.69, 9.17) is 21.1 Å². The Labute approximate surface area is 110 Å². The summed E-state index contributed by atoms with van der Waals surface area (Å²) < 4.78 is 10.4. The first-order valence-electron chi connectivity index (χ1n) is 4.71. The van der Waals surface area contributed by atoms with Crippen molar-refractivity contribution in [3.8, 4) is 11.5 Å². The van der Waals surface area contributed by atoms with E-state index in [-0.39, 0.29) is 12.4 Å². The highest BCUT2D eigenvalue weighted by molar-refractivity contribution is 6.34. The predicted octanol–water partition coefficient (Wildman–Crippen LogP) is 3.03. The number of hydrogen-bond acceptors (Lipinski definition) is 4. The summed E-state index contributed by atoms with van der Waals surface area (Å²) in [4.78, 5) is 8.38. The summed E-state index contributed by atoms with van der Waals surface area (Å²) in [5.74, 6) is 1.87. The van der Waals surface area contributed by atoms with E-state index >= 15 is 0 Å². The molecule has 6 heteroatoms. The van der Waals surface area contributed by atoms with Crippen molar-refractivity contribution < 1.29 is 9.47 Å². The van der Waals surface area contributed by atoms with E-state index in [1.165, 1.54) is 0 Å². The Bertz CT molecular complexity index is 546. The molecule has 0 aliphatic carbocycles. The van der Waals surface area contributed by atoms with Crippen LogP contribution in [-0.2, 0) is 0 Å². The zero-order chi connectivity index (χ0) is 11.7. The van der Waals surface area contributed by atoms with Crippen LogP contribution in [0.4, 0.5) is 0 Å². The van der Waals surface area contributed by atoms with Gasteiger partial charge in [-0.25, -0.2) is 9.97 Å². The first kappa shape index (κ1) is 13.8. The molecular weight excluding hydrogens is 263 g/mol. The fourth-order valence-electron chi connectivity index (χ4n) is 1.53. The number of nitrogens with zero attached hydrogens (tertiary/aromatic N) is 2. The van der Waals surface area contributed by atoms with Gasteiger partial charge < -0.3 is 9.47 Å². The number of aryl methyl sites for hydroxylation is 1. The lowest BCUT2D eigenvalue weighted by atomic mass is 10.2. The molecule has 0 unspecified atom stereocenters. The van der Waals surface area contributed by atoms with E-state index in [9.17, 15) is 0 Å². The van der Waals surface area contributed by atoms with Gasteiger partial charge in [0.1, 0.15) is 11.0 Å². The van der Waals surface area contributed by atoms with Crippen LogP contribution in [-0.4, -0.2) is 24.2 Å². The molecule has 2 aromatic rings. The van der Waals surface area contributed by atoms with Crippen molar-refractivity contribution >= 4 is 34.9 Å². The van der Waals surface area contributed by atoms with Crippen LogP contribution >= 0.6 is 24.0 Å². The van der Waals surface area contributed by atoms with Crippen molar-refractivity contribution in [3.63, 3.8) is 0 Å². The zero-order valence-corrected chi connectivity index (χ0v) is 11.2. The van der Waals surface area contributed by atoms with E-state index in [2.05, 4.69) is 9.97 Å². The van der Waals surface area contributed by atoms with Crippen LogP contribution in [0, 0.1) is 6.92 Å². The molecule has 0 amide bonds. The molecule has 1 aromatic carbocycles. The number of aromatic nitrogens is 2. The van der Waals surface area contributed by atoms with E-state index < -0.39 is 0 Å². The third kappa shape index (κ3) is 2.53. The molecule has 0 radical (unpaired) electrons. The monoisotopic (exact) mass is 274 g/mol. The molecule has 1 heterocycles. The second-order valence-electron chi connectivity index (χ2n) is 3.29. The highest BCUT2D eigenvalue weighted by Gasteiger charge is 2.10. The summed E-state index contributed by atoms with van der Waals surface area (Å²) in [6.07, 6.45) is 0. The van der Waals surface area contributed by atoms with Gasteiger partial charge in [-0.15, -0.1) is 12.4 Å². The molecule has 0 saturated carbocycles. The van der Waals surface area contributed by atoms with Crippen molar-refractivity contribution in [1.82, 2.24) is 9.97 Å². The molecule has 1 aromatic heterocycles. The second kappa shape index (κ2) is 5.38. The fraction of sp³-hybridized carbons (Fsp3) is 0.273. The minimum Gasteiger partial charge on any atom is -0.493 e. The van der Waals surface area contributed by atoms with E-state index in [1.54, 1.807) is 33.3 Å². The third-order valence-corrected chi connectivity index (χ3v) is 2.55. The van der Waals surface area contributed by atoms with Gasteiger partial charge in [-0.05, 0) is 13.0 Å². The van der Waals surface area contributed by atoms with Crippen molar-refractivity contribution in [2.45, 2.75) is 6.92 Å². The summed E-state index contributed by atoms with van der Waals surface area (Å²) in [5, 5.41) is 1.17. The predicted molar refractivity (Wildman–Crippen MR) is 69.6 cm³/mol. The Kier molecular flexibility index (Phi) is 4.37. The van der Waals surface area contributed by atoms with Crippen molar-refractivity contribution in [2.75, 3.05) is 14.2 Å². The average Bonchev–Trinajstić information content (AvgIpc) is 2.27. The van der Waals surface area contributed by atoms with E-state index in [1.807, 2.05) is 0 Å². The van der Waals surface area contributed by atoms with Crippen molar-refractivity contribution in [1.29, 1.82) is 0 Å². The Morgan fingerprint density at radius 3 is 2.24 bits per heavy atom. The van der Waals surface area contributed by atoms with Crippen LogP contribution in [0.1, 0.15) is 5.82 Å². The molecule has 92 valence electrons. The van der Waals surface area contributed by atoms with Gasteiger partial charge in [0.25, 0.3) is 0 Å². The van der Waals surface area contributed by atoms with E-state index in [0.717, 1.165) is 10.9 Å². The maximum atomic E-state index is 6.04.